The van der Waals surface area contributed by atoms with Gasteiger partial charge in [-0.25, -0.2) is 9.97 Å². The van der Waals surface area contributed by atoms with Crippen molar-refractivity contribution in [3.05, 3.63) is 72.4 Å². The van der Waals surface area contributed by atoms with E-state index < -0.39 is 0 Å². The first-order valence-electron chi connectivity index (χ1n) is 8.31. The molecule has 0 saturated carbocycles. The van der Waals surface area contributed by atoms with E-state index >= 15 is 0 Å². The third kappa shape index (κ3) is 4.55. The van der Waals surface area contributed by atoms with Crippen molar-refractivity contribution in [2.45, 2.75) is 12.5 Å². The number of nitrogen functional groups attached to an aromatic ring is 1. The predicted octanol–water partition coefficient (Wildman–Crippen LogP) is 3.46. The normalized spacial score (nSPS) is 11.9. The van der Waals surface area contributed by atoms with Crippen LogP contribution in [0.5, 0.6) is 5.75 Å². The number of hydrogen-bond acceptors (Lipinski definition) is 5. The summed E-state index contributed by atoms with van der Waals surface area (Å²) in [6.45, 7) is 0.877. The second-order valence-electron chi connectivity index (χ2n) is 5.74. The Morgan fingerprint density at radius 1 is 1.08 bits per heavy atom. The Kier molecular flexibility index (Phi) is 5.59. The van der Waals surface area contributed by atoms with E-state index in [9.17, 15) is 0 Å². The van der Waals surface area contributed by atoms with Gasteiger partial charge in [0, 0.05) is 18.2 Å². The summed E-state index contributed by atoms with van der Waals surface area (Å²) in [5.41, 5.74) is 8.58. The molecule has 0 amide bonds. The van der Waals surface area contributed by atoms with Gasteiger partial charge in [0.2, 0.25) is 5.95 Å². The van der Waals surface area contributed by atoms with Crippen LogP contribution >= 0.6 is 0 Å². The van der Waals surface area contributed by atoms with Gasteiger partial charge in [0.1, 0.15) is 11.9 Å². The molecule has 0 spiro atoms. The maximum atomic E-state index is 6.28. The highest BCUT2D eigenvalue weighted by Crippen LogP contribution is 2.28. The molecule has 0 aliphatic carbocycles. The molecule has 3 rings (SSSR count). The third-order valence-electron chi connectivity index (χ3n) is 3.91. The van der Waals surface area contributed by atoms with Gasteiger partial charge in [-0.05, 0) is 37.4 Å². The zero-order valence-electron chi connectivity index (χ0n) is 14.2. The summed E-state index contributed by atoms with van der Waals surface area (Å²) in [4.78, 5) is 8.21. The van der Waals surface area contributed by atoms with Crippen molar-refractivity contribution in [3.8, 4) is 17.0 Å². The van der Waals surface area contributed by atoms with Crippen molar-refractivity contribution in [3.63, 3.8) is 0 Å². The Morgan fingerprint density at radius 3 is 2.68 bits per heavy atom. The molecule has 0 saturated heterocycles. The van der Waals surface area contributed by atoms with Crippen LogP contribution in [0.2, 0.25) is 0 Å². The Hall–Kier alpha value is -2.92. The fraction of sp³-hybridized carbons (Fsp3) is 0.200. The molecule has 1 aromatic heterocycles. The van der Waals surface area contributed by atoms with E-state index in [1.807, 2.05) is 55.6 Å². The molecule has 5 heteroatoms. The first-order valence-corrected chi connectivity index (χ1v) is 8.31. The summed E-state index contributed by atoms with van der Waals surface area (Å²) in [7, 11) is 1.95. The molecule has 0 aliphatic heterocycles. The van der Waals surface area contributed by atoms with Gasteiger partial charge < -0.3 is 15.8 Å². The molecule has 0 unspecified atom stereocenters. The first-order chi connectivity index (χ1) is 12.3. The Labute approximate surface area is 147 Å². The first kappa shape index (κ1) is 16.9. The highest BCUT2D eigenvalue weighted by atomic mass is 16.5. The van der Waals surface area contributed by atoms with Gasteiger partial charge in [0.15, 0.2) is 0 Å². The molecule has 2 aromatic carbocycles. The van der Waals surface area contributed by atoms with Crippen molar-refractivity contribution < 1.29 is 4.74 Å². The molecule has 1 heterocycles. The van der Waals surface area contributed by atoms with E-state index in [2.05, 4.69) is 27.4 Å². The summed E-state index contributed by atoms with van der Waals surface area (Å²) in [6, 6.07) is 20.0. The van der Waals surface area contributed by atoms with E-state index in [4.69, 9.17) is 10.5 Å². The van der Waals surface area contributed by atoms with E-state index in [1.165, 1.54) is 0 Å². The average Bonchev–Trinajstić information content (AvgIpc) is 2.66. The maximum Gasteiger partial charge on any atom is 0.220 e. The summed E-state index contributed by atoms with van der Waals surface area (Å²) < 4.78 is 6.28. The number of rotatable bonds is 7. The van der Waals surface area contributed by atoms with Crippen molar-refractivity contribution >= 4 is 5.95 Å². The smallest absolute Gasteiger partial charge is 0.220 e. The van der Waals surface area contributed by atoms with Gasteiger partial charge >= 0.3 is 0 Å². The van der Waals surface area contributed by atoms with Gasteiger partial charge in [-0.1, -0.05) is 42.5 Å². The number of nitrogens with zero attached hydrogens (tertiary/aromatic N) is 2. The summed E-state index contributed by atoms with van der Waals surface area (Å²) in [6.07, 6.45) is 2.52. The van der Waals surface area contributed by atoms with Crippen LogP contribution in [-0.2, 0) is 0 Å². The molecule has 0 aliphatic rings. The second kappa shape index (κ2) is 8.26. The predicted molar refractivity (Wildman–Crippen MR) is 100 cm³/mol. The van der Waals surface area contributed by atoms with Crippen molar-refractivity contribution in [1.82, 2.24) is 15.3 Å². The fourth-order valence-electron chi connectivity index (χ4n) is 2.66. The van der Waals surface area contributed by atoms with Crippen LogP contribution in [0, 0.1) is 0 Å². The topological polar surface area (TPSA) is 73.1 Å². The molecule has 0 radical (unpaired) electrons. The van der Waals surface area contributed by atoms with Gasteiger partial charge in [-0.15, -0.1) is 0 Å². The molecule has 0 fully saturated rings. The summed E-state index contributed by atoms with van der Waals surface area (Å²) >= 11 is 0. The monoisotopic (exact) mass is 334 g/mol. The number of ether oxygens (including phenoxy) is 1. The minimum atomic E-state index is -0.0145. The Morgan fingerprint density at radius 2 is 1.92 bits per heavy atom. The number of hydrogen-bond donors (Lipinski definition) is 2. The molecular formula is C20H22N4O. The van der Waals surface area contributed by atoms with Crippen LogP contribution in [-0.4, -0.2) is 23.6 Å². The molecule has 1 atom stereocenters. The van der Waals surface area contributed by atoms with E-state index in [0.29, 0.717) is 0 Å². The van der Waals surface area contributed by atoms with E-state index in [-0.39, 0.29) is 12.1 Å². The average molecular weight is 334 g/mol. The zero-order chi connectivity index (χ0) is 17.5. The number of benzene rings is 2. The van der Waals surface area contributed by atoms with Gasteiger partial charge in [0.05, 0.1) is 5.69 Å². The van der Waals surface area contributed by atoms with Crippen molar-refractivity contribution in [1.29, 1.82) is 0 Å². The van der Waals surface area contributed by atoms with Gasteiger partial charge in [-0.2, -0.15) is 0 Å². The lowest BCUT2D eigenvalue weighted by atomic mass is 10.1. The number of nitrogens with one attached hydrogen (secondary N) is 1. The highest BCUT2D eigenvalue weighted by Gasteiger charge is 2.13. The minimum Gasteiger partial charge on any atom is -0.486 e. The summed E-state index contributed by atoms with van der Waals surface area (Å²) in [5.74, 6) is 1.07. The van der Waals surface area contributed by atoms with Crippen LogP contribution in [0.1, 0.15) is 18.1 Å². The Balaban J connectivity index is 1.84. The molecule has 3 aromatic rings. The van der Waals surface area contributed by atoms with Crippen LogP contribution in [0.15, 0.2) is 66.9 Å². The number of nitrogens with two attached hydrogens (primary N) is 1. The SMILES string of the molecule is CNCC[C@@H](Oc1cccc(-c2ccnc(N)n2)c1)c1ccccc1. The van der Waals surface area contributed by atoms with Crippen molar-refractivity contribution in [2.24, 2.45) is 0 Å². The molecular weight excluding hydrogens is 312 g/mol. The third-order valence-corrected chi connectivity index (χ3v) is 3.91. The van der Waals surface area contributed by atoms with Crippen LogP contribution in [0.25, 0.3) is 11.3 Å². The second-order valence-corrected chi connectivity index (χ2v) is 5.74. The lowest BCUT2D eigenvalue weighted by Crippen LogP contribution is -2.16. The lowest BCUT2D eigenvalue weighted by Gasteiger charge is -2.20. The molecule has 25 heavy (non-hydrogen) atoms. The molecule has 3 N–H and O–H groups in total. The maximum absolute atomic E-state index is 6.28. The van der Waals surface area contributed by atoms with Gasteiger partial charge in [0.25, 0.3) is 0 Å². The molecule has 128 valence electrons. The zero-order valence-corrected chi connectivity index (χ0v) is 14.2. The Bertz CT molecular complexity index is 808. The van der Waals surface area contributed by atoms with E-state index in [1.54, 1.807) is 6.20 Å². The lowest BCUT2D eigenvalue weighted by molar-refractivity contribution is 0.195. The van der Waals surface area contributed by atoms with Crippen LogP contribution in [0.3, 0.4) is 0 Å². The number of anilines is 1. The quantitative estimate of drug-likeness (QED) is 0.692. The summed E-state index contributed by atoms with van der Waals surface area (Å²) in [5, 5.41) is 3.19. The molecule has 5 nitrogen and oxygen atoms in total. The largest absolute Gasteiger partial charge is 0.486 e. The van der Waals surface area contributed by atoms with Crippen LogP contribution in [0.4, 0.5) is 5.95 Å². The number of aromatic nitrogens is 2. The van der Waals surface area contributed by atoms with Crippen LogP contribution < -0.4 is 15.8 Å². The molecule has 0 bridgehead atoms. The van der Waals surface area contributed by atoms with Crippen molar-refractivity contribution in [2.75, 3.05) is 19.3 Å². The fourth-order valence-corrected chi connectivity index (χ4v) is 2.66. The minimum absolute atomic E-state index is 0.0145. The standard InChI is InChI=1S/C20H22N4O/c1-22-12-11-19(15-6-3-2-4-7-15)25-17-9-5-8-16(14-17)18-10-13-23-20(21)24-18/h2-10,13-14,19,22H,11-12H2,1H3,(H2,21,23,24)/t19-/m1/s1. The highest BCUT2D eigenvalue weighted by molar-refractivity contribution is 5.61. The van der Waals surface area contributed by atoms with Gasteiger partial charge in [-0.3, -0.25) is 0 Å². The van der Waals surface area contributed by atoms with E-state index in [0.717, 1.165) is 35.5 Å².